The predicted molar refractivity (Wildman–Crippen MR) is 78.5 cm³/mol. The minimum atomic E-state index is -3.96. The maximum Gasteiger partial charge on any atom is 0.325 e. The molecule has 112 valence electrons. The Hall–Kier alpha value is -1.56. The van der Waals surface area contributed by atoms with Crippen molar-refractivity contribution in [3.63, 3.8) is 0 Å². The van der Waals surface area contributed by atoms with Crippen LogP contribution in [-0.4, -0.2) is 36.5 Å². The maximum atomic E-state index is 12.5. The number of nitriles is 1. The monoisotopic (exact) mass is 326 g/mol. The molecule has 0 bridgehead atoms. The molecule has 1 aliphatic heterocycles. The van der Waals surface area contributed by atoms with Gasteiger partial charge in [-0.15, -0.1) is 0 Å². The Balaban J connectivity index is 2.39. The van der Waals surface area contributed by atoms with Crippen LogP contribution in [0.3, 0.4) is 0 Å². The lowest BCUT2D eigenvalue weighted by Crippen LogP contribution is -2.54. The molecule has 1 aromatic carbocycles. The minimum Gasteiger partial charge on any atom is -0.480 e. The second kappa shape index (κ2) is 5.67. The number of sulfonamides is 1. The van der Waals surface area contributed by atoms with E-state index in [1.807, 2.05) is 6.07 Å². The van der Waals surface area contributed by atoms with E-state index in [4.69, 9.17) is 5.26 Å². The molecule has 0 aliphatic carbocycles. The molecule has 1 heterocycles. The van der Waals surface area contributed by atoms with Gasteiger partial charge in [0, 0.05) is 5.75 Å². The molecule has 2 rings (SSSR count). The highest BCUT2D eigenvalue weighted by Gasteiger charge is 2.45. The van der Waals surface area contributed by atoms with Gasteiger partial charge in [-0.1, -0.05) is 0 Å². The van der Waals surface area contributed by atoms with E-state index >= 15 is 0 Å². The van der Waals surface area contributed by atoms with Crippen LogP contribution in [0.1, 0.15) is 17.5 Å². The molecular weight excluding hydrogens is 312 g/mol. The van der Waals surface area contributed by atoms with Gasteiger partial charge in [-0.2, -0.15) is 21.7 Å². The number of nitrogens with one attached hydrogen (secondary N) is 1. The molecular formula is C13H14N2O4S2. The Morgan fingerprint density at radius 3 is 2.71 bits per heavy atom. The molecule has 1 atom stereocenters. The molecule has 0 amide bonds. The highest BCUT2D eigenvalue weighted by Crippen LogP contribution is 2.30. The summed E-state index contributed by atoms with van der Waals surface area (Å²) in [5.74, 6) is -0.361. The van der Waals surface area contributed by atoms with Gasteiger partial charge in [0.15, 0.2) is 0 Å². The number of hydrogen-bond acceptors (Lipinski definition) is 5. The summed E-state index contributed by atoms with van der Waals surface area (Å²) in [5.41, 5.74) is -0.687. The Morgan fingerprint density at radius 2 is 2.24 bits per heavy atom. The lowest BCUT2D eigenvalue weighted by Gasteiger charge is -2.24. The lowest BCUT2D eigenvalue weighted by molar-refractivity contribution is -0.142. The van der Waals surface area contributed by atoms with Gasteiger partial charge in [0.1, 0.15) is 5.54 Å². The Bertz CT molecular complexity index is 716. The standard InChI is InChI=1S/C13H14N2O4S2/c1-9-6-10(7-14)2-3-11(9)21(18,19)15-13(12(16)17)4-5-20-8-13/h2-3,6,15H,4-5,8H2,1H3,(H,16,17). The second-order valence-electron chi connectivity index (χ2n) is 4.89. The van der Waals surface area contributed by atoms with Crippen LogP contribution in [0.4, 0.5) is 0 Å². The fraction of sp³-hybridized carbons (Fsp3) is 0.385. The smallest absolute Gasteiger partial charge is 0.325 e. The van der Waals surface area contributed by atoms with E-state index in [1.54, 1.807) is 6.92 Å². The first-order valence-electron chi connectivity index (χ1n) is 6.17. The molecule has 6 nitrogen and oxygen atoms in total. The van der Waals surface area contributed by atoms with Crippen molar-refractivity contribution in [1.82, 2.24) is 4.72 Å². The first kappa shape index (κ1) is 15.8. The number of aliphatic carboxylic acids is 1. The third-order valence-electron chi connectivity index (χ3n) is 3.35. The fourth-order valence-corrected chi connectivity index (χ4v) is 5.22. The van der Waals surface area contributed by atoms with Gasteiger partial charge in [-0.3, -0.25) is 4.79 Å². The highest BCUT2D eigenvalue weighted by molar-refractivity contribution is 7.99. The molecule has 8 heteroatoms. The van der Waals surface area contributed by atoms with Gasteiger partial charge in [0.25, 0.3) is 0 Å². The van der Waals surface area contributed by atoms with Crippen molar-refractivity contribution in [2.24, 2.45) is 0 Å². The summed E-state index contributed by atoms with van der Waals surface area (Å²) in [6, 6.07) is 6.12. The van der Waals surface area contributed by atoms with Crippen LogP contribution < -0.4 is 4.72 Å². The van der Waals surface area contributed by atoms with Crippen LogP contribution in [0.2, 0.25) is 0 Å². The minimum absolute atomic E-state index is 0.000903. The van der Waals surface area contributed by atoms with Crippen molar-refractivity contribution >= 4 is 27.8 Å². The molecule has 0 aromatic heterocycles. The Kier molecular flexibility index (Phi) is 4.27. The molecule has 1 aromatic rings. The topological polar surface area (TPSA) is 107 Å². The Labute approximate surface area is 127 Å². The van der Waals surface area contributed by atoms with Crippen molar-refractivity contribution in [2.45, 2.75) is 23.8 Å². The summed E-state index contributed by atoms with van der Waals surface area (Å²) in [4.78, 5) is 11.4. The summed E-state index contributed by atoms with van der Waals surface area (Å²) < 4.78 is 27.2. The summed E-state index contributed by atoms with van der Waals surface area (Å²) in [6.45, 7) is 1.58. The van der Waals surface area contributed by atoms with Crippen LogP contribution in [0, 0.1) is 18.3 Å². The van der Waals surface area contributed by atoms with Crippen LogP contribution >= 0.6 is 11.8 Å². The number of rotatable bonds is 4. The molecule has 0 radical (unpaired) electrons. The van der Waals surface area contributed by atoms with Gasteiger partial charge >= 0.3 is 5.97 Å². The van der Waals surface area contributed by atoms with Gasteiger partial charge in [-0.05, 0) is 42.9 Å². The number of benzene rings is 1. The molecule has 1 saturated heterocycles. The maximum absolute atomic E-state index is 12.5. The zero-order chi connectivity index (χ0) is 15.7. The molecule has 1 fully saturated rings. The molecule has 21 heavy (non-hydrogen) atoms. The van der Waals surface area contributed by atoms with Crippen LogP contribution in [0.5, 0.6) is 0 Å². The summed E-state index contributed by atoms with van der Waals surface area (Å²) >= 11 is 1.40. The van der Waals surface area contributed by atoms with E-state index in [1.165, 1.54) is 30.0 Å². The first-order valence-corrected chi connectivity index (χ1v) is 8.80. The third kappa shape index (κ3) is 3.05. The quantitative estimate of drug-likeness (QED) is 0.858. The van der Waals surface area contributed by atoms with Crippen LogP contribution in [0.25, 0.3) is 0 Å². The third-order valence-corrected chi connectivity index (χ3v) is 6.24. The van der Waals surface area contributed by atoms with E-state index in [2.05, 4.69) is 4.72 Å². The number of carbonyl (C=O) groups is 1. The predicted octanol–water partition coefficient (Wildman–Crippen LogP) is 1.11. The zero-order valence-electron chi connectivity index (χ0n) is 11.3. The number of hydrogen-bond donors (Lipinski definition) is 2. The van der Waals surface area contributed by atoms with Crippen LogP contribution in [0.15, 0.2) is 23.1 Å². The van der Waals surface area contributed by atoms with Crippen molar-refractivity contribution in [3.05, 3.63) is 29.3 Å². The summed E-state index contributed by atoms with van der Waals surface area (Å²) in [6.07, 6.45) is 0.252. The van der Waals surface area contributed by atoms with E-state index in [0.29, 0.717) is 16.9 Å². The molecule has 1 aliphatic rings. The number of aryl methyl sites for hydroxylation is 1. The summed E-state index contributed by atoms with van der Waals surface area (Å²) in [5, 5.41) is 18.1. The second-order valence-corrected chi connectivity index (χ2v) is 7.64. The van der Waals surface area contributed by atoms with Gasteiger partial charge in [-0.25, -0.2) is 8.42 Å². The summed E-state index contributed by atoms with van der Waals surface area (Å²) in [7, 11) is -3.96. The Morgan fingerprint density at radius 1 is 1.52 bits per heavy atom. The van der Waals surface area contributed by atoms with Crippen molar-refractivity contribution < 1.29 is 18.3 Å². The molecule has 1 unspecified atom stereocenters. The normalized spacial score (nSPS) is 21.9. The average molecular weight is 326 g/mol. The van der Waals surface area contributed by atoms with Gasteiger partial charge in [0.2, 0.25) is 10.0 Å². The average Bonchev–Trinajstić information content (AvgIpc) is 2.87. The number of nitrogens with zero attached hydrogens (tertiary/aromatic N) is 1. The largest absolute Gasteiger partial charge is 0.480 e. The van der Waals surface area contributed by atoms with E-state index < -0.39 is 21.5 Å². The SMILES string of the molecule is Cc1cc(C#N)ccc1S(=O)(=O)NC1(C(=O)O)CCSC1. The fourth-order valence-electron chi connectivity index (χ4n) is 2.19. The van der Waals surface area contributed by atoms with E-state index in [0.717, 1.165) is 0 Å². The van der Waals surface area contributed by atoms with Crippen molar-refractivity contribution in [2.75, 3.05) is 11.5 Å². The molecule has 2 N–H and O–H groups in total. The van der Waals surface area contributed by atoms with E-state index in [9.17, 15) is 18.3 Å². The number of carboxylic acid groups (broad SMARTS) is 1. The molecule has 0 saturated carbocycles. The van der Waals surface area contributed by atoms with Crippen LogP contribution in [-0.2, 0) is 14.8 Å². The van der Waals surface area contributed by atoms with Gasteiger partial charge < -0.3 is 5.11 Å². The van der Waals surface area contributed by atoms with Crippen molar-refractivity contribution in [3.8, 4) is 6.07 Å². The number of thioether (sulfide) groups is 1. The van der Waals surface area contributed by atoms with E-state index in [-0.39, 0.29) is 17.1 Å². The molecule has 0 spiro atoms. The zero-order valence-corrected chi connectivity index (χ0v) is 12.9. The van der Waals surface area contributed by atoms with Crippen molar-refractivity contribution in [1.29, 1.82) is 5.26 Å². The van der Waals surface area contributed by atoms with Gasteiger partial charge in [0.05, 0.1) is 16.5 Å². The lowest BCUT2D eigenvalue weighted by atomic mass is 10.0. The first-order chi connectivity index (χ1) is 9.81. The number of carboxylic acids is 1. The highest BCUT2D eigenvalue weighted by atomic mass is 32.2.